The molecule has 0 aliphatic heterocycles. The van der Waals surface area contributed by atoms with E-state index in [1.54, 1.807) is 0 Å². The van der Waals surface area contributed by atoms with Gasteiger partial charge in [-0.15, -0.1) is 0 Å². The topological polar surface area (TPSA) is 3.24 Å². The van der Waals surface area contributed by atoms with Crippen molar-refractivity contribution in [3.63, 3.8) is 0 Å². The van der Waals surface area contributed by atoms with Crippen molar-refractivity contribution in [1.82, 2.24) is 0 Å². The van der Waals surface area contributed by atoms with Crippen LogP contribution < -0.4 is 4.90 Å². The van der Waals surface area contributed by atoms with Crippen LogP contribution in [-0.4, -0.2) is 0 Å². The largest absolute Gasteiger partial charge is 0.310 e. The molecule has 1 nitrogen and oxygen atoms in total. The third kappa shape index (κ3) is 6.02. The molecule has 10 rings (SSSR count). The molecule has 10 aromatic rings. The molecule has 10 aromatic carbocycles. The average molecular weight is 700 g/mol. The van der Waals surface area contributed by atoms with Gasteiger partial charge in [0, 0.05) is 16.9 Å². The van der Waals surface area contributed by atoms with Crippen LogP contribution in [0, 0.1) is 0 Å². The molecule has 0 bridgehead atoms. The molecule has 0 radical (unpaired) electrons. The minimum Gasteiger partial charge on any atom is -0.310 e. The number of hydrogen-bond donors (Lipinski definition) is 0. The van der Waals surface area contributed by atoms with Gasteiger partial charge in [0.25, 0.3) is 0 Å². The molecule has 55 heavy (non-hydrogen) atoms. The maximum Gasteiger partial charge on any atom is 0.0546 e. The Kier molecular flexibility index (Phi) is 8.24. The maximum atomic E-state index is 2.42. The van der Waals surface area contributed by atoms with Crippen molar-refractivity contribution < 1.29 is 0 Å². The van der Waals surface area contributed by atoms with Gasteiger partial charge < -0.3 is 4.90 Å². The summed E-state index contributed by atoms with van der Waals surface area (Å²) in [7, 11) is 0. The number of rotatable bonds is 7. The van der Waals surface area contributed by atoms with E-state index in [0.29, 0.717) is 0 Å². The summed E-state index contributed by atoms with van der Waals surface area (Å²) in [6.07, 6.45) is 0. The van der Waals surface area contributed by atoms with Crippen molar-refractivity contribution in [2.24, 2.45) is 0 Å². The van der Waals surface area contributed by atoms with E-state index >= 15 is 0 Å². The molecule has 0 saturated heterocycles. The van der Waals surface area contributed by atoms with Gasteiger partial charge in [-0.3, -0.25) is 0 Å². The second-order valence-corrected chi connectivity index (χ2v) is 14.1. The first-order valence-electron chi connectivity index (χ1n) is 18.9. The Bertz CT molecular complexity index is 2850. The van der Waals surface area contributed by atoms with Crippen LogP contribution in [0.5, 0.6) is 0 Å². The lowest BCUT2D eigenvalue weighted by Gasteiger charge is -2.29. The summed E-state index contributed by atoms with van der Waals surface area (Å²) in [5, 5.41) is 7.56. The predicted octanol–water partition coefficient (Wildman–Crippen LogP) is 15.3. The van der Waals surface area contributed by atoms with Crippen molar-refractivity contribution in [1.29, 1.82) is 0 Å². The Morgan fingerprint density at radius 3 is 1.31 bits per heavy atom. The number of nitrogens with zero attached hydrogens (tertiary/aromatic N) is 1. The van der Waals surface area contributed by atoms with E-state index in [2.05, 4.69) is 229 Å². The molecular weight excluding hydrogens is 663 g/mol. The summed E-state index contributed by atoms with van der Waals surface area (Å²) in [6.45, 7) is 0. The van der Waals surface area contributed by atoms with E-state index in [1.165, 1.54) is 76.8 Å². The minimum atomic E-state index is 1.09. The molecule has 1 heteroatoms. The van der Waals surface area contributed by atoms with Crippen LogP contribution in [0.2, 0.25) is 0 Å². The first-order chi connectivity index (χ1) is 27.3. The van der Waals surface area contributed by atoms with Crippen molar-refractivity contribution in [3.05, 3.63) is 224 Å². The molecule has 0 fully saturated rings. The smallest absolute Gasteiger partial charge is 0.0546 e. The van der Waals surface area contributed by atoms with Crippen LogP contribution in [0.3, 0.4) is 0 Å². The lowest BCUT2D eigenvalue weighted by atomic mass is 9.89. The minimum absolute atomic E-state index is 1.09. The van der Waals surface area contributed by atoms with Crippen LogP contribution in [0.25, 0.3) is 76.8 Å². The van der Waals surface area contributed by atoms with Gasteiger partial charge in [0.05, 0.1) is 5.69 Å². The molecule has 0 unspecified atom stereocenters. The molecule has 0 aliphatic rings. The van der Waals surface area contributed by atoms with Crippen molar-refractivity contribution in [2.75, 3.05) is 4.90 Å². The Morgan fingerprint density at radius 1 is 0.255 bits per heavy atom. The Labute approximate surface area is 322 Å². The molecule has 0 atom stereocenters. The molecule has 0 spiro atoms. The van der Waals surface area contributed by atoms with Gasteiger partial charge in [0.2, 0.25) is 0 Å². The highest BCUT2D eigenvalue weighted by Gasteiger charge is 2.21. The van der Waals surface area contributed by atoms with Crippen LogP contribution in [0.1, 0.15) is 0 Å². The first kappa shape index (κ1) is 32.4. The Balaban J connectivity index is 1.21. The predicted molar refractivity (Wildman–Crippen MR) is 235 cm³/mol. The summed E-state index contributed by atoms with van der Waals surface area (Å²) in [5.74, 6) is 0. The van der Waals surface area contributed by atoms with Crippen LogP contribution in [0.15, 0.2) is 224 Å². The van der Waals surface area contributed by atoms with E-state index in [9.17, 15) is 0 Å². The molecular formula is C54H37N. The quantitative estimate of drug-likeness (QED) is 0.150. The van der Waals surface area contributed by atoms with Crippen LogP contribution in [-0.2, 0) is 0 Å². The van der Waals surface area contributed by atoms with Gasteiger partial charge in [0.1, 0.15) is 0 Å². The van der Waals surface area contributed by atoms with E-state index in [-0.39, 0.29) is 0 Å². The van der Waals surface area contributed by atoms with Gasteiger partial charge in [-0.25, -0.2) is 0 Å². The normalized spacial score (nSPS) is 11.3. The van der Waals surface area contributed by atoms with E-state index in [4.69, 9.17) is 0 Å². The lowest BCUT2D eigenvalue weighted by Crippen LogP contribution is -2.11. The summed E-state index contributed by atoms with van der Waals surface area (Å²) < 4.78 is 0. The number of anilines is 3. The highest BCUT2D eigenvalue weighted by atomic mass is 15.1. The summed E-state index contributed by atoms with van der Waals surface area (Å²) in [6, 6.07) is 81.5. The van der Waals surface area contributed by atoms with Gasteiger partial charge in [-0.05, 0) is 108 Å². The SMILES string of the molecule is c1ccc(-c2ccc(N(c3ccc(-c4ccccc4)cc3)c3cccc(-c4ccccc4)c3-c3ccc4ccc5c6ccccc6ccc5c4c3)cc2)cc1. The van der Waals surface area contributed by atoms with E-state index < -0.39 is 0 Å². The molecule has 0 aliphatic carbocycles. The average Bonchev–Trinajstić information content (AvgIpc) is 3.27. The lowest BCUT2D eigenvalue weighted by molar-refractivity contribution is 1.28. The molecule has 0 aromatic heterocycles. The van der Waals surface area contributed by atoms with Gasteiger partial charge >= 0.3 is 0 Å². The summed E-state index contributed by atoms with van der Waals surface area (Å²) in [4.78, 5) is 2.42. The fraction of sp³-hybridized carbons (Fsp3) is 0. The summed E-state index contributed by atoms with van der Waals surface area (Å²) in [5.41, 5.74) is 12.8. The fourth-order valence-corrected chi connectivity index (χ4v) is 8.16. The van der Waals surface area contributed by atoms with E-state index in [0.717, 1.165) is 17.1 Å². The number of benzene rings is 10. The molecule has 0 heterocycles. The van der Waals surface area contributed by atoms with E-state index in [1.807, 2.05) is 0 Å². The standard InChI is InChI=1S/C54H37N/c1-4-13-38(14-5-1)40-25-31-46(32-26-40)55(47-33-27-41(28-34-47)39-15-6-2-7-16-39)53-22-12-21-49(42-17-8-3-9-18-42)54(53)45-24-23-44-30-35-50-48-20-11-10-19-43(48)29-36-51(50)52(44)37-45/h1-37H. The first-order valence-corrected chi connectivity index (χ1v) is 18.9. The van der Waals surface area contributed by atoms with Crippen molar-refractivity contribution in [2.45, 2.75) is 0 Å². The Hall–Kier alpha value is -7.22. The maximum absolute atomic E-state index is 2.42. The molecule has 0 amide bonds. The van der Waals surface area contributed by atoms with Gasteiger partial charge in [-0.2, -0.15) is 0 Å². The molecule has 0 N–H and O–H groups in total. The van der Waals surface area contributed by atoms with Crippen molar-refractivity contribution >= 4 is 49.4 Å². The molecule has 0 saturated carbocycles. The Morgan fingerprint density at radius 2 is 0.709 bits per heavy atom. The second-order valence-electron chi connectivity index (χ2n) is 14.1. The van der Waals surface area contributed by atoms with Crippen LogP contribution in [0.4, 0.5) is 17.1 Å². The zero-order valence-corrected chi connectivity index (χ0v) is 30.3. The third-order valence-electron chi connectivity index (χ3n) is 10.9. The monoisotopic (exact) mass is 699 g/mol. The number of hydrogen-bond acceptors (Lipinski definition) is 1. The third-order valence-corrected chi connectivity index (χ3v) is 10.9. The summed E-state index contributed by atoms with van der Waals surface area (Å²) >= 11 is 0. The second kappa shape index (κ2) is 14.0. The zero-order chi connectivity index (χ0) is 36.6. The van der Waals surface area contributed by atoms with Gasteiger partial charge in [-0.1, -0.05) is 188 Å². The highest BCUT2D eigenvalue weighted by Crippen LogP contribution is 2.47. The van der Waals surface area contributed by atoms with Crippen LogP contribution >= 0.6 is 0 Å². The molecule has 258 valence electrons. The van der Waals surface area contributed by atoms with Gasteiger partial charge in [0.15, 0.2) is 0 Å². The zero-order valence-electron chi connectivity index (χ0n) is 30.3. The van der Waals surface area contributed by atoms with Crippen molar-refractivity contribution in [3.8, 4) is 44.5 Å². The highest BCUT2D eigenvalue weighted by molar-refractivity contribution is 6.18. The fourth-order valence-electron chi connectivity index (χ4n) is 8.16. The number of fused-ring (bicyclic) bond motifs is 5.